The van der Waals surface area contributed by atoms with Crippen molar-refractivity contribution in [3.63, 3.8) is 0 Å². The van der Waals surface area contributed by atoms with Crippen molar-refractivity contribution < 1.29 is 17.2 Å². The summed E-state index contributed by atoms with van der Waals surface area (Å²) in [6, 6.07) is 9.39. The predicted octanol–water partition coefficient (Wildman–Crippen LogP) is 4.61. The van der Waals surface area contributed by atoms with Gasteiger partial charge in [0.2, 0.25) is 10.0 Å². The zero-order valence-electron chi connectivity index (χ0n) is 13.2. The van der Waals surface area contributed by atoms with Crippen LogP contribution in [0.3, 0.4) is 0 Å². The molecule has 1 aliphatic rings. The van der Waals surface area contributed by atoms with E-state index >= 15 is 0 Å². The first-order valence-corrected chi connectivity index (χ1v) is 9.40. The van der Waals surface area contributed by atoms with Gasteiger partial charge >= 0.3 is 0 Å². The second-order valence-corrected chi connectivity index (χ2v) is 8.17. The van der Waals surface area contributed by atoms with Crippen molar-refractivity contribution >= 4 is 34.0 Å². The highest BCUT2D eigenvalue weighted by Crippen LogP contribution is 2.32. The van der Waals surface area contributed by atoms with E-state index in [1.165, 1.54) is 34.6 Å². The van der Waals surface area contributed by atoms with Gasteiger partial charge in [0.05, 0.1) is 4.90 Å². The highest BCUT2D eigenvalue weighted by atomic mass is 35.5. The lowest BCUT2D eigenvalue weighted by Gasteiger charge is -2.31. The van der Waals surface area contributed by atoms with Crippen LogP contribution in [0.2, 0.25) is 5.02 Å². The highest BCUT2D eigenvalue weighted by Gasteiger charge is 2.30. The van der Waals surface area contributed by atoms with Crippen LogP contribution in [0.15, 0.2) is 47.4 Å². The van der Waals surface area contributed by atoms with Crippen LogP contribution in [0.5, 0.6) is 0 Å². The van der Waals surface area contributed by atoms with Crippen molar-refractivity contribution in [3.8, 4) is 0 Å². The van der Waals surface area contributed by atoms with Crippen LogP contribution < -0.4 is 0 Å². The molecule has 2 aromatic rings. The molecule has 0 amide bonds. The average Bonchev–Trinajstić information content (AvgIpc) is 2.57. The molecule has 0 aliphatic carbocycles. The first kappa shape index (κ1) is 20.1. The van der Waals surface area contributed by atoms with Crippen LogP contribution in [0.4, 0.5) is 8.78 Å². The molecule has 0 bridgehead atoms. The smallest absolute Gasteiger partial charge is 0.207 e. The summed E-state index contributed by atoms with van der Waals surface area (Å²) in [5.41, 5.74) is 0.318. The fourth-order valence-corrected chi connectivity index (χ4v) is 4.59. The molecule has 0 atom stereocenters. The normalized spacial score (nSPS) is 16.4. The molecule has 3 nitrogen and oxygen atoms in total. The number of hydrogen-bond acceptors (Lipinski definition) is 2. The number of benzene rings is 2. The summed E-state index contributed by atoms with van der Waals surface area (Å²) in [6.45, 7) is 0.539. The Balaban J connectivity index is 0.00000225. The van der Waals surface area contributed by atoms with Gasteiger partial charge in [-0.05, 0) is 66.8 Å². The molecule has 1 heterocycles. The third kappa shape index (κ3) is 4.31. The number of hydrogen-bond donors (Lipinski definition) is 0. The Hall–Kier alpha value is -1.21. The Bertz CT molecular complexity index is 836. The van der Waals surface area contributed by atoms with Gasteiger partial charge in [0.15, 0.2) is 0 Å². The van der Waals surface area contributed by atoms with Crippen molar-refractivity contribution in [3.05, 3.63) is 64.7 Å². The lowest BCUT2D eigenvalue weighted by Crippen LogP contribution is -2.38. The van der Waals surface area contributed by atoms with Crippen molar-refractivity contribution in [1.29, 1.82) is 0 Å². The topological polar surface area (TPSA) is 37.4 Å². The molecule has 2 aromatic carbocycles. The van der Waals surface area contributed by atoms with E-state index in [4.69, 9.17) is 11.6 Å². The van der Waals surface area contributed by atoms with E-state index in [1.54, 1.807) is 0 Å². The Morgan fingerprint density at radius 2 is 1.60 bits per heavy atom. The van der Waals surface area contributed by atoms with Crippen molar-refractivity contribution in [2.45, 2.75) is 23.7 Å². The van der Waals surface area contributed by atoms with Crippen LogP contribution in [-0.4, -0.2) is 25.8 Å². The van der Waals surface area contributed by atoms with E-state index in [-0.39, 0.29) is 36.3 Å². The molecule has 3 rings (SSSR count). The second-order valence-electron chi connectivity index (χ2n) is 5.80. The monoisotopic (exact) mass is 407 g/mol. The maximum absolute atomic E-state index is 13.9. The molecule has 1 aliphatic heterocycles. The maximum Gasteiger partial charge on any atom is 0.243 e. The number of piperidine rings is 1. The van der Waals surface area contributed by atoms with Gasteiger partial charge in [-0.1, -0.05) is 11.6 Å². The van der Waals surface area contributed by atoms with Crippen molar-refractivity contribution in [2.24, 2.45) is 0 Å². The maximum atomic E-state index is 13.9. The molecule has 1 fully saturated rings. The average molecular weight is 408 g/mol. The molecule has 0 radical (unpaired) electrons. The summed E-state index contributed by atoms with van der Waals surface area (Å²) in [5, 5.41) is 0.467. The van der Waals surface area contributed by atoms with E-state index in [0.29, 0.717) is 23.4 Å². The fraction of sp³-hybridized carbons (Fsp3) is 0.294. The van der Waals surface area contributed by atoms with E-state index in [0.717, 1.165) is 12.1 Å². The first-order chi connectivity index (χ1) is 11.4. The fourth-order valence-electron chi connectivity index (χ4n) is 2.99. The molecule has 0 aromatic heterocycles. The molecule has 0 saturated carbocycles. The van der Waals surface area contributed by atoms with Crippen LogP contribution in [0.25, 0.3) is 0 Å². The molecule has 1 saturated heterocycles. The summed E-state index contributed by atoms with van der Waals surface area (Å²) in [6.07, 6.45) is 0.903. The minimum Gasteiger partial charge on any atom is -0.207 e. The molecule has 0 unspecified atom stereocenters. The Labute approximate surface area is 157 Å². The van der Waals surface area contributed by atoms with Crippen LogP contribution in [0.1, 0.15) is 24.3 Å². The van der Waals surface area contributed by atoms with Crippen molar-refractivity contribution in [2.75, 3.05) is 13.1 Å². The largest absolute Gasteiger partial charge is 0.243 e. The summed E-state index contributed by atoms with van der Waals surface area (Å²) < 4.78 is 53.8. The number of nitrogens with zero attached hydrogens (tertiary/aromatic N) is 1. The van der Waals surface area contributed by atoms with Gasteiger partial charge in [-0.15, -0.1) is 12.4 Å². The van der Waals surface area contributed by atoms with E-state index in [1.807, 2.05) is 0 Å². The number of halogens is 4. The summed E-state index contributed by atoms with van der Waals surface area (Å²) >= 11 is 5.79. The first-order valence-electron chi connectivity index (χ1n) is 7.58. The predicted molar refractivity (Wildman–Crippen MR) is 95.8 cm³/mol. The van der Waals surface area contributed by atoms with Gasteiger partial charge < -0.3 is 0 Å². The summed E-state index contributed by atoms with van der Waals surface area (Å²) in [7, 11) is -3.60. The van der Waals surface area contributed by atoms with E-state index in [2.05, 4.69) is 0 Å². The van der Waals surface area contributed by atoms with Crippen LogP contribution in [-0.2, 0) is 10.0 Å². The molecular weight excluding hydrogens is 391 g/mol. The van der Waals surface area contributed by atoms with E-state index < -0.39 is 21.7 Å². The van der Waals surface area contributed by atoms with Crippen molar-refractivity contribution in [1.82, 2.24) is 4.31 Å². The highest BCUT2D eigenvalue weighted by molar-refractivity contribution is 7.89. The quantitative estimate of drug-likeness (QED) is 0.744. The Morgan fingerprint density at radius 1 is 1.00 bits per heavy atom. The Kier molecular flexibility index (Phi) is 6.43. The third-order valence-electron chi connectivity index (χ3n) is 4.30. The van der Waals surface area contributed by atoms with Gasteiger partial charge in [-0.2, -0.15) is 4.31 Å². The lowest BCUT2D eigenvalue weighted by molar-refractivity contribution is 0.315. The standard InChI is InChI=1S/C17H16ClF2NO2S.ClH/c18-13-1-4-15(5-2-13)24(22,23)21-9-7-12(8-10-21)16-11-14(19)3-6-17(16)20;/h1-6,11-12H,7-10H2;1H. The second kappa shape index (κ2) is 7.99. The Morgan fingerprint density at radius 3 is 2.20 bits per heavy atom. The van der Waals surface area contributed by atoms with Gasteiger partial charge in [0.25, 0.3) is 0 Å². The van der Waals surface area contributed by atoms with Gasteiger partial charge in [-0.25, -0.2) is 17.2 Å². The number of sulfonamides is 1. The van der Waals surface area contributed by atoms with Crippen LogP contribution in [0, 0.1) is 11.6 Å². The molecule has 0 N–H and O–H groups in total. The molecule has 8 heteroatoms. The lowest BCUT2D eigenvalue weighted by atomic mass is 9.90. The summed E-state index contributed by atoms with van der Waals surface area (Å²) in [4.78, 5) is 0.183. The summed E-state index contributed by atoms with van der Waals surface area (Å²) in [5.74, 6) is -1.12. The van der Waals surface area contributed by atoms with Gasteiger partial charge in [0.1, 0.15) is 11.6 Å². The SMILES string of the molecule is Cl.O=S(=O)(c1ccc(Cl)cc1)N1CCC(c2cc(F)ccc2F)CC1. The minimum atomic E-state index is -3.60. The van der Waals surface area contributed by atoms with Gasteiger partial charge in [0, 0.05) is 18.1 Å². The molecule has 0 spiro atoms. The molecular formula is C17H17Cl2F2NO2S. The van der Waals surface area contributed by atoms with E-state index in [9.17, 15) is 17.2 Å². The molecule has 25 heavy (non-hydrogen) atoms. The zero-order chi connectivity index (χ0) is 17.3. The van der Waals surface area contributed by atoms with Crippen LogP contribution >= 0.6 is 24.0 Å². The third-order valence-corrected chi connectivity index (χ3v) is 6.47. The minimum absolute atomic E-state index is 0. The zero-order valence-corrected chi connectivity index (χ0v) is 15.6. The molecule has 136 valence electrons. The number of rotatable bonds is 3. The van der Waals surface area contributed by atoms with Gasteiger partial charge in [-0.3, -0.25) is 0 Å².